The molecule has 5 rings (SSSR count). The molecule has 212 valence electrons. The number of nitrogens with zero attached hydrogens (tertiary/aromatic N) is 6. The molecule has 7 atom stereocenters. The lowest BCUT2D eigenvalue weighted by Gasteiger charge is -2.47. The number of carbonyl (C=O) groups excluding carboxylic acids is 3. The number of likely N-dealkylation sites (tertiary alicyclic amines) is 1. The number of carbonyl (C=O) groups is 4. The van der Waals surface area contributed by atoms with Gasteiger partial charge in [0.1, 0.15) is 12.2 Å². The Morgan fingerprint density at radius 3 is 2.79 bits per heavy atom. The van der Waals surface area contributed by atoms with Crippen LogP contribution in [0.25, 0.3) is 0 Å². The second-order valence-corrected chi connectivity index (χ2v) is 11.8. The highest BCUT2D eigenvalue weighted by Gasteiger charge is 2.60. The molecule has 3 saturated heterocycles. The zero-order valence-electron chi connectivity index (χ0n) is 21.9. The van der Waals surface area contributed by atoms with E-state index in [1.54, 1.807) is 11.8 Å². The molecule has 4 aliphatic heterocycles. The van der Waals surface area contributed by atoms with Crippen molar-refractivity contribution in [1.82, 2.24) is 40.6 Å². The van der Waals surface area contributed by atoms with Crippen LogP contribution in [0.15, 0.2) is 10.6 Å². The van der Waals surface area contributed by atoms with Crippen molar-refractivity contribution in [3.05, 3.63) is 10.6 Å². The van der Waals surface area contributed by atoms with E-state index in [0.29, 0.717) is 31.0 Å². The number of nitrogens with one attached hydrogen (secondary N) is 2. The van der Waals surface area contributed by atoms with Gasteiger partial charge in [0.2, 0.25) is 17.7 Å². The largest absolute Gasteiger partial charge is 0.477 e. The third-order valence-electron chi connectivity index (χ3n) is 7.91. The zero-order chi connectivity index (χ0) is 28.0. The summed E-state index contributed by atoms with van der Waals surface area (Å²) in [5.41, 5.74) is 5.95. The third kappa shape index (κ3) is 4.96. The molecule has 0 aromatic carbocycles. The van der Waals surface area contributed by atoms with Gasteiger partial charge >= 0.3 is 12.0 Å². The minimum Gasteiger partial charge on any atom is -0.477 e. The summed E-state index contributed by atoms with van der Waals surface area (Å²) < 4.78 is 6.20. The minimum atomic E-state index is -1.16. The van der Waals surface area contributed by atoms with Crippen molar-refractivity contribution in [3.8, 4) is 6.01 Å². The summed E-state index contributed by atoms with van der Waals surface area (Å²) in [6.07, 6.45) is 1.35. The minimum absolute atomic E-state index is 0.00371. The van der Waals surface area contributed by atoms with E-state index in [2.05, 4.69) is 26.2 Å². The molecule has 16 heteroatoms. The monoisotopic (exact) mass is 563 g/mol. The lowest BCUT2D eigenvalue weighted by molar-refractivity contribution is -0.158. The van der Waals surface area contributed by atoms with E-state index in [9.17, 15) is 24.3 Å². The Bertz CT molecular complexity index is 1210. The van der Waals surface area contributed by atoms with Crippen molar-refractivity contribution < 1.29 is 29.0 Å². The summed E-state index contributed by atoms with van der Waals surface area (Å²) >= 11 is 1.43. The summed E-state index contributed by atoms with van der Waals surface area (Å²) in [7, 11) is 1.39. The molecular weight excluding hydrogens is 530 g/mol. The molecule has 0 bridgehead atoms. The highest BCUT2D eigenvalue weighted by molar-refractivity contribution is 8.03. The Labute approximate surface area is 228 Å². The average molecular weight is 564 g/mol. The number of methoxy groups -OCH3 is 1. The molecule has 5 heterocycles. The Kier molecular flexibility index (Phi) is 7.52. The lowest BCUT2D eigenvalue weighted by Crippen LogP contribution is -2.66. The molecule has 0 aliphatic carbocycles. The van der Waals surface area contributed by atoms with Crippen molar-refractivity contribution in [3.63, 3.8) is 0 Å². The topological polar surface area (TPSA) is 198 Å². The van der Waals surface area contributed by atoms with Gasteiger partial charge in [-0.25, -0.2) is 4.79 Å². The van der Waals surface area contributed by atoms with Crippen LogP contribution in [0.5, 0.6) is 6.01 Å². The fraction of sp³-hybridized carbons (Fsp3) is 0.696. The molecule has 15 nitrogen and oxygen atoms in total. The number of tetrazole rings is 1. The van der Waals surface area contributed by atoms with Gasteiger partial charge in [-0.2, -0.15) is 4.68 Å². The van der Waals surface area contributed by atoms with E-state index >= 15 is 0 Å². The molecule has 1 unspecified atom stereocenters. The van der Waals surface area contributed by atoms with Crippen LogP contribution in [0.3, 0.4) is 0 Å². The van der Waals surface area contributed by atoms with E-state index in [0.717, 1.165) is 6.42 Å². The van der Waals surface area contributed by atoms with Crippen molar-refractivity contribution in [1.29, 1.82) is 0 Å². The number of nitrogens with two attached hydrogens (primary N) is 1. The Morgan fingerprint density at radius 2 is 2.13 bits per heavy atom. The first-order valence-electron chi connectivity index (χ1n) is 12.9. The number of aromatic nitrogens is 4. The maximum absolute atomic E-state index is 13.2. The van der Waals surface area contributed by atoms with Crippen LogP contribution in [-0.2, 0) is 25.7 Å². The molecule has 0 spiro atoms. The molecule has 1 aromatic rings. The number of fused-ring (bicyclic) bond motifs is 1. The van der Waals surface area contributed by atoms with Gasteiger partial charge in [0.15, 0.2) is 0 Å². The van der Waals surface area contributed by atoms with Crippen molar-refractivity contribution in [2.75, 3.05) is 26.7 Å². The average Bonchev–Trinajstić information content (AvgIpc) is 3.67. The molecule has 0 saturated carbocycles. The highest BCUT2D eigenvalue weighted by atomic mass is 32.2. The number of ether oxygens (including phenoxy) is 1. The van der Waals surface area contributed by atoms with Crippen LogP contribution in [0.4, 0.5) is 0 Å². The van der Waals surface area contributed by atoms with Gasteiger partial charge in [-0.15, -0.1) is 11.8 Å². The highest BCUT2D eigenvalue weighted by Crippen LogP contribution is 2.51. The summed E-state index contributed by atoms with van der Waals surface area (Å²) in [4.78, 5) is 54.7. The van der Waals surface area contributed by atoms with Gasteiger partial charge in [0.25, 0.3) is 0 Å². The van der Waals surface area contributed by atoms with E-state index in [1.165, 1.54) is 28.5 Å². The van der Waals surface area contributed by atoms with Gasteiger partial charge in [-0.3, -0.25) is 14.4 Å². The molecule has 4 aliphatic rings. The van der Waals surface area contributed by atoms with Gasteiger partial charge < -0.3 is 36.0 Å². The summed E-state index contributed by atoms with van der Waals surface area (Å²) in [6, 6.07) is -1.18. The van der Waals surface area contributed by atoms with Crippen LogP contribution in [0.2, 0.25) is 0 Å². The number of thioether (sulfide) groups is 1. The molecule has 39 heavy (non-hydrogen) atoms. The maximum atomic E-state index is 13.2. The predicted molar refractivity (Wildman–Crippen MR) is 137 cm³/mol. The van der Waals surface area contributed by atoms with Crippen molar-refractivity contribution in [2.45, 2.75) is 62.7 Å². The Hall–Kier alpha value is -3.24. The van der Waals surface area contributed by atoms with E-state index < -0.39 is 23.8 Å². The molecule has 0 radical (unpaired) electrons. The van der Waals surface area contributed by atoms with Crippen LogP contribution in [-0.4, -0.2) is 115 Å². The number of β-lactam (4-membered cyclic amide) rings is 1. The summed E-state index contributed by atoms with van der Waals surface area (Å²) in [6.45, 7) is 5.21. The van der Waals surface area contributed by atoms with Crippen LogP contribution < -0.4 is 21.1 Å². The number of rotatable bonds is 9. The van der Waals surface area contributed by atoms with Gasteiger partial charge in [0.05, 0.1) is 25.1 Å². The summed E-state index contributed by atoms with van der Waals surface area (Å²) in [5.74, 6) is -2.70. The molecule has 3 fully saturated rings. The first kappa shape index (κ1) is 27.3. The standard InChI is InChI=1S/C23H33N9O6S/c1-10-17-16(11(2)26-15(33)9-31-23(38-3)27-28-29-31)21(35)32(17)18(22(36)37)19(10)39-13-6-14(25-7-13)20(34)30-5-4-12(24)8-30/h10-14,16-17,25H,4-9,24H2,1-3H3,(H,26,33)(H,36,37)/t10-,11?,12-,13+,14+,16-,17-/m1/s1. The number of hydrogen-bond acceptors (Lipinski definition) is 11. The van der Waals surface area contributed by atoms with E-state index in [4.69, 9.17) is 10.5 Å². The number of carboxylic acids is 1. The van der Waals surface area contributed by atoms with Crippen LogP contribution in [0.1, 0.15) is 26.7 Å². The fourth-order valence-corrected chi connectivity index (χ4v) is 7.51. The first-order valence-corrected chi connectivity index (χ1v) is 13.8. The van der Waals surface area contributed by atoms with Crippen LogP contribution >= 0.6 is 11.8 Å². The molecular formula is C23H33N9O6S. The third-order valence-corrected chi connectivity index (χ3v) is 9.42. The Balaban J connectivity index is 1.23. The quantitative estimate of drug-likeness (QED) is 0.241. The predicted octanol–water partition coefficient (Wildman–Crippen LogP) is -2.02. The number of carboxylic acid groups (broad SMARTS) is 1. The SMILES string of the molecule is COc1nnnn1CC(=O)NC(C)[C@H]1C(=O)N2C(C(=O)O)=C(S[C@@H]3CN[C@H](C(=O)N4CC[C@@H](N)C4)C3)[C@H](C)[C@H]12. The second kappa shape index (κ2) is 10.7. The van der Waals surface area contributed by atoms with Gasteiger partial charge in [0, 0.05) is 47.8 Å². The van der Waals surface area contributed by atoms with Gasteiger partial charge in [-0.05, 0) is 30.2 Å². The number of amides is 3. The Morgan fingerprint density at radius 1 is 1.36 bits per heavy atom. The normalized spacial score (nSPS) is 30.8. The first-order chi connectivity index (χ1) is 18.6. The van der Waals surface area contributed by atoms with Crippen LogP contribution in [0, 0.1) is 11.8 Å². The lowest BCUT2D eigenvalue weighted by atomic mass is 9.78. The van der Waals surface area contributed by atoms with Gasteiger partial charge in [-0.1, -0.05) is 12.0 Å². The number of hydrogen-bond donors (Lipinski definition) is 4. The maximum Gasteiger partial charge on any atom is 0.353 e. The van der Waals surface area contributed by atoms with E-state index in [1.807, 2.05) is 6.92 Å². The number of aliphatic carboxylic acids is 1. The summed E-state index contributed by atoms with van der Waals surface area (Å²) in [5, 5.41) is 26.9. The zero-order valence-corrected chi connectivity index (χ0v) is 22.8. The second-order valence-electron chi connectivity index (χ2n) is 10.5. The molecule has 3 amide bonds. The van der Waals surface area contributed by atoms with E-state index in [-0.39, 0.29) is 59.4 Å². The molecule has 1 aromatic heterocycles. The fourth-order valence-electron chi connectivity index (χ4n) is 6.03. The van der Waals surface area contributed by atoms with Crippen molar-refractivity contribution >= 4 is 35.5 Å². The smallest absolute Gasteiger partial charge is 0.353 e. The van der Waals surface area contributed by atoms with Crippen molar-refractivity contribution in [2.24, 2.45) is 17.6 Å². The molecule has 5 N–H and O–H groups in total.